The van der Waals surface area contributed by atoms with Crippen LogP contribution >= 0.6 is 0 Å². The third-order valence-electron chi connectivity index (χ3n) is 3.24. The van der Waals surface area contributed by atoms with Crippen LogP contribution < -0.4 is 10.1 Å². The lowest BCUT2D eigenvalue weighted by Gasteiger charge is -2.14. The lowest BCUT2D eigenvalue weighted by molar-refractivity contribution is 0.304. The van der Waals surface area contributed by atoms with Crippen molar-refractivity contribution in [2.24, 2.45) is 5.92 Å². The molecule has 2 heteroatoms. The van der Waals surface area contributed by atoms with E-state index in [4.69, 9.17) is 4.74 Å². The summed E-state index contributed by atoms with van der Waals surface area (Å²) in [6.07, 6.45) is 5.00. The molecule has 0 saturated heterocycles. The van der Waals surface area contributed by atoms with Gasteiger partial charge in [-0.3, -0.25) is 0 Å². The molecule has 0 saturated carbocycles. The third-order valence-corrected chi connectivity index (χ3v) is 3.24. The highest BCUT2D eigenvalue weighted by Crippen LogP contribution is 2.09. The van der Waals surface area contributed by atoms with Gasteiger partial charge in [-0.2, -0.15) is 0 Å². The quantitative estimate of drug-likeness (QED) is 0.637. The SMILES string of the molecule is CC(C)CCCC(C)NCCCOc1ccccc1. The Morgan fingerprint density at radius 3 is 2.42 bits per heavy atom. The average molecular weight is 263 g/mol. The van der Waals surface area contributed by atoms with Gasteiger partial charge in [0.1, 0.15) is 5.75 Å². The molecule has 0 amide bonds. The Bertz CT molecular complexity index is 310. The zero-order valence-electron chi connectivity index (χ0n) is 12.7. The molecule has 1 aromatic rings. The summed E-state index contributed by atoms with van der Waals surface area (Å²) in [4.78, 5) is 0. The van der Waals surface area contributed by atoms with Crippen LogP contribution in [-0.4, -0.2) is 19.2 Å². The van der Waals surface area contributed by atoms with Crippen molar-refractivity contribution >= 4 is 0 Å². The van der Waals surface area contributed by atoms with Gasteiger partial charge in [0.2, 0.25) is 0 Å². The first-order chi connectivity index (χ1) is 9.18. The number of rotatable bonds is 10. The van der Waals surface area contributed by atoms with Crippen LogP contribution in [0.25, 0.3) is 0 Å². The molecule has 1 N–H and O–H groups in total. The van der Waals surface area contributed by atoms with E-state index < -0.39 is 0 Å². The Kier molecular flexibility index (Phi) is 8.31. The second-order valence-corrected chi connectivity index (χ2v) is 5.69. The minimum absolute atomic E-state index is 0.621. The Balaban J connectivity index is 1.95. The monoisotopic (exact) mass is 263 g/mol. The molecule has 19 heavy (non-hydrogen) atoms. The van der Waals surface area contributed by atoms with Gasteiger partial charge in [-0.1, -0.05) is 44.9 Å². The van der Waals surface area contributed by atoms with Gasteiger partial charge in [0.25, 0.3) is 0 Å². The maximum absolute atomic E-state index is 5.66. The first kappa shape index (κ1) is 16.0. The normalized spacial score (nSPS) is 12.6. The maximum Gasteiger partial charge on any atom is 0.119 e. The van der Waals surface area contributed by atoms with E-state index in [1.54, 1.807) is 0 Å². The van der Waals surface area contributed by atoms with Crippen LogP contribution in [0.5, 0.6) is 5.75 Å². The first-order valence-electron chi connectivity index (χ1n) is 7.59. The van der Waals surface area contributed by atoms with Crippen molar-refractivity contribution in [3.8, 4) is 5.75 Å². The lowest BCUT2D eigenvalue weighted by atomic mass is 10.0. The Hall–Kier alpha value is -1.02. The summed E-state index contributed by atoms with van der Waals surface area (Å²) in [5.74, 6) is 1.79. The largest absolute Gasteiger partial charge is 0.494 e. The molecule has 0 fully saturated rings. The standard InChI is InChI=1S/C17H29NO/c1-15(2)9-7-10-16(3)18-13-8-14-19-17-11-5-4-6-12-17/h4-6,11-12,15-16,18H,7-10,13-14H2,1-3H3. The number of nitrogens with one attached hydrogen (secondary N) is 1. The van der Waals surface area contributed by atoms with Crippen LogP contribution in [0.3, 0.4) is 0 Å². The van der Waals surface area contributed by atoms with Crippen LogP contribution in [0, 0.1) is 5.92 Å². The predicted molar refractivity (Wildman–Crippen MR) is 82.7 cm³/mol. The molecule has 1 atom stereocenters. The molecule has 0 radical (unpaired) electrons. The topological polar surface area (TPSA) is 21.3 Å². The molecule has 0 spiro atoms. The Labute approximate surface area is 118 Å². The van der Waals surface area contributed by atoms with E-state index in [0.29, 0.717) is 6.04 Å². The molecule has 2 nitrogen and oxygen atoms in total. The second-order valence-electron chi connectivity index (χ2n) is 5.69. The fourth-order valence-corrected chi connectivity index (χ4v) is 2.06. The zero-order chi connectivity index (χ0) is 13.9. The van der Waals surface area contributed by atoms with Crippen molar-refractivity contribution in [1.82, 2.24) is 5.32 Å². The van der Waals surface area contributed by atoms with E-state index in [1.165, 1.54) is 19.3 Å². The minimum Gasteiger partial charge on any atom is -0.494 e. The van der Waals surface area contributed by atoms with Crippen molar-refractivity contribution in [2.45, 2.75) is 52.5 Å². The van der Waals surface area contributed by atoms with E-state index in [2.05, 4.69) is 26.1 Å². The fourth-order valence-electron chi connectivity index (χ4n) is 2.06. The maximum atomic E-state index is 5.66. The number of para-hydroxylation sites is 1. The highest BCUT2D eigenvalue weighted by Gasteiger charge is 2.02. The van der Waals surface area contributed by atoms with Crippen LogP contribution in [-0.2, 0) is 0 Å². The molecule has 108 valence electrons. The zero-order valence-corrected chi connectivity index (χ0v) is 12.7. The van der Waals surface area contributed by atoms with E-state index in [0.717, 1.165) is 31.2 Å². The summed E-state index contributed by atoms with van der Waals surface area (Å²) in [7, 11) is 0. The van der Waals surface area contributed by atoms with Crippen LogP contribution in [0.15, 0.2) is 30.3 Å². The van der Waals surface area contributed by atoms with Gasteiger partial charge < -0.3 is 10.1 Å². The van der Waals surface area contributed by atoms with E-state index in [1.807, 2.05) is 30.3 Å². The summed E-state index contributed by atoms with van der Waals surface area (Å²) in [6.45, 7) is 8.68. The third kappa shape index (κ3) is 8.66. The molecule has 0 bridgehead atoms. The average Bonchev–Trinajstić information content (AvgIpc) is 2.39. The van der Waals surface area contributed by atoms with Gasteiger partial charge in [-0.25, -0.2) is 0 Å². The molecule has 1 aromatic carbocycles. The van der Waals surface area contributed by atoms with Gasteiger partial charge in [0.05, 0.1) is 6.61 Å². The predicted octanol–water partition coefficient (Wildman–Crippen LogP) is 4.26. The Morgan fingerprint density at radius 2 is 1.74 bits per heavy atom. The van der Waals surface area contributed by atoms with E-state index in [-0.39, 0.29) is 0 Å². The van der Waals surface area contributed by atoms with E-state index in [9.17, 15) is 0 Å². The fraction of sp³-hybridized carbons (Fsp3) is 0.647. The molecular formula is C17H29NO. The van der Waals surface area contributed by atoms with Crippen molar-refractivity contribution < 1.29 is 4.74 Å². The summed E-state index contributed by atoms with van der Waals surface area (Å²) in [6, 6.07) is 10.6. The summed E-state index contributed by atoms with van der Waals surface area (Å²) < 4.78 is 5.66. The van der Waals surface area contributed by atoms with Gasteiger partial charge in [-0.05, 0) is 44.4 Å². The minimum atomic E-state index is 0.621. The van der Waals surface area contributed by atoms with Gasteiger partial charge in [0.15, 0.2) is 0 Å². The highest BCUT2D eigenvalue weighted by molar-refractivity contribution is 5.20. The number of benzene rings is 1. The molecule has 0 heterocycles. The van der Waals surface area contributed by atoms with Crippen molar-refractivity contribution in [3.05, 3.63) is 30.3 Å². The number of hydrogen-bond acceptors (Lipinski definition) is 2. The molecule has 1 unspecified atom stereocenters. The molecule has 0 aromatic heterocycles. The summed E-state index contributed by atoms with van der Waals surface area (Å²) in [5, 5.41) is 3.56. The summed E-state index contributed by atoms with van der Waals surface area (Å²) in [5.41, 5.74) is 0. The highest BCUT2D eigenvalue weighted by atomic mass is 16.5. The first-order valence-corrected chi connectivity index (χ1v) is 7.59. The van der Waals surface area contributed by atoms with Crippen molar-refractivity contribution in [3.63, 3.8) is 0 Å². The van der Waals surface area contributed by atoms with E-state index >= 15 is 0 Å². The number of ether oxygens (including phenoxy) is 1. The molecular weight excluding hydrogens is 234 g/mol. The van der Waals surface area contributed by atoms with Crippen LogP contribution in [0.2, 0.25) is 0 Å². The van der Waals surface area contributed by atoms with Crippen molar-refractivity contribution in [1.29, 1.82) is 0 Å². The molecule has 0 aliphatic rings. The lowest BCUT2D eigenvalue weighted by Crippen LogP contribution is -2.27. The Morgan fingerprint density at radius 1 is 1.00 bits per heavy atom. The molecule has 0 aliphatic heterocycles. The summed E-state index contributed by atoms with van der Waals surface area (Å²) >= 11 is 0. The smallest absolute Gasteiger partial charge is 0.119 e. The number of hydrogen-bond donors (Lipinski definition) is 1. The van der Waals surface area contributed by atoms with Gasteiger partial charge in [0, 0.05) is 6.04 Å². The molecule has 1 rings (SSSR count). The van der Waals surface area contributed by atoms with Gasteiger partial charge in [-0.15, -0.1) is 0 Å². The van der Waals surface area contributed by atoms with Crippen LogP contribution in [0.1, 0.15) is 46.5 Å². The second kappa shape index (κ2) is 9.85. The van der Waals surface area contributed by atoms with Crippen LogP contribution in [0.4, 0.5) is 0 Å². The van der Waals surface area contributed by atoms with Gasteiger partial charge >= 0.3 is 0 Å². The molecule has 0 aliphatic carbocycles. The van der Waals surface area contributed by atoms with Crippen molar-refractivity contribution in [2.75, 3.05) is 13.2 Å².